The zero-order valence-electron chi connectivity index (χ0n) is 7.68. The van der Waals surface area contributed by atoms with Crippen molar-refractivity contribution in [1.82, 2.24) is 0 Å². The Bertz CT molecular complexity index is 357. The molecule has 1 atom stereocenters. The van der Waals surface area contributed by atoms with Gasteiger partial charge in [-0.15, -0.1) is 12.4 Å². The molecule has 0 aromatic heterocycles. The maximum atomic E-state index is 10.4. The van der Waals surface area contributed by atoms with Crippen LogP contribution in [0.1, 0.15) is 5.56 Å². The molecule has 1 aromatic rings. The third kappa shape index (κ3) is 3.95. The first-order valence-corrected chi connectivity index (χ1v) is 4.34. The highest BCUT2D eigenvalue weighted by Crippen LogP contribution is 2.23. The molecule has 0 aliphatic rings. The smallest absolute Gasteiger partial charge is 0.320 e. The van der Waals surface area contributed by atoms with E-state index in [1.54, 1.807) is 6.07 Å². The van der Waals surface area contributed by atoms with Crippen molar-refractivity contribution in [3.8, 4) is 5.75 Å². The predicted molar refractivity (Wildman–Crippen MR) is 59.7 cm³/mol. The van der Waals surface area contributed by atoms with Crippen LogP contribution in [0.5, 0.6) is 5.75 Å². The lowest BCUT2D eigenvalue weighted by atomic mass is 11.1. The zero-order chi connectivity index (χ0) is 10.7. The fraction of sp³-hybridized carbons (Fsp3) is 0.222. The average molecular weight is 262 g/mol. The van der Waals surface area contributed by atoms with Crippen molar-refractivity contribution in [2.75, 3.05) is 0 Å². The second kappa shape index (κ2) is 5.80. The first-order valence-electron chi connectivity index (χ1n) is 3.96. The van der Waals surface area contributed by atoms with Crippen molar-refractivity contribution in [3.05, 3.63) is 28.8 Å². The number of carboxylic acid groups (broad SMARTS) is 1. The van der Waals surface area contributed by atoms with Crippen molar-refractivity contribution in [1.29, 1.82) is 0 Å². The molecule has 6 heteroatoms. The molecule has 0 spiro atoms. The van der Waals surface area contributed by atoms with Gasteiger partial charge in [0.1, 0.15) is 11.8 Å². The second-order valence-electron chi connectivity index (χ2n) is 2.93. The van der Waals surface area contributed by atoms with E-state index in [2.05, 4.69) is 0 Å². The lowest BCUT2D eigenvalue weighted by Gasteiger charge is -2.06. The molecule has 0 amide bonds. The van der Waals surface area contributed by atoms with E-state index in [-0.39, 0.29) is 29.6 Å². The highest BCUT2D eigenvalue weighted by molar-refractivity contribution is 6.32. The van der Waals surface area contributed by atoms with Crippen molar-refractivity contribution in [2.45, 2.75) is 12.5 Å². The van der Waals surface area contributed by atoms with Crippen LogP contribution in [0.2, 0.25) is 5.02 Å². The predicted octanol–water partition coefficient (Wildman–Crippen LogP) is 1.42. The minimum absolute atomic E-state index is 0. The molecule has 0 aliphatic carbocycles. The maximum Gasteiger partial charge on any atom is 0.320 e. The Morgan fingerprint density at radius 2 is 2.13 bits per heavy atom. The molecule has 0 saturated carbocycles. The molecule has 4 N–H and O–H groups in total. The quantitative estimate of drug-likeness (QED) is 0.568. The van der Waals surface area contributed by atoms with Crippen LogP contribution in [0.4, 0.5) is 0 Å². The number of phenolic OH excluding ortho intramolecular Hbond substituents is 1. The third-order valence-electron chi connectivity index (χ3n) is 1.78. The maximum absolute atomic E-state index is 10.4. The number of hydrogen-bond acceptors (Lipinski definition) is 3. The van der Waals surface area contributed by atoms with E-state index >= 15 is 0 Å². The van der Waals surface area contributed by atoms with Crippen molar-refractivity contribution >= 4 is 30.0 Å². The van der Waals surface area contributed by atoms with Gasteiger partial charge in [0.15, 0.2) is 0 Å². The first-order chi connectivity index (χ1) is 6.50. The van der Waals surface area contributed by atoms with Crippen LogP contribution in [0.3, 0.4) is 0 Å². The Kier molecular flexibility index (Phi) is 5.43. The number of phenols is 1. The van der Waals surface area contributed by atoms with Gasteiger partial charge in [0.25, 0.3) is 0 Å². The number of benzene rings is 1. The van der Waals surface area contributed by atoms with E-state index in [1.165, 1.54) is 12.1 Å². The number of carbonyl (C=O) groups is 1. The largest absolute Gasteiger partial charge is 0.506 e. The number of hydrogen-bond donors (Lipinski definition) is 3. The summed E-state index contributed by atoms with van der Waals surface area (Å²) in [5.41, 5.74) is 6.01. The normalized spacial score (nSPS) is 11.6. The summed E-state index contributed by atoms with van der Waals surface area (Å²) >= 11 is 5.64. The van der Waals surface area contributed by atoms with Gasteiger partial charge in [-0.05, 0) is 24.1 Å². The summed E-state index contributed by atoms with van der Waals surface area (Å²) in [6.45, 7) is 0. The lowest BCUT2D eigenvalue weighted by molar-refractivity contribution is -0.138. The molecule has 0 radical (unpaired) electrons. The Hall–Kier alpha value is -0.970. The molecule has 15 heavy (non-hydrogen) atoms. The van der Waals surface area contributed by atoms with Crippen LogP contribution >= 0.6 is 24.0 Å². The highest BCUT2D eigenvalue weighted by atomic mass is 35.5. The van der Waals surface area contributed by atoms with Crippen LogP contribution in [-0.2, 0) is 11.2 Å². The average Bonchev–Trinajstić information content (AvgIpc) is 2.11. The van der Waals surface area contributed by atoms with Gasteiger partial charge >= 0.3 is 5.97 Å². The number of carboxylic acids is 1. The molecule has 0 saturated heterocycles. The van der Waals surface area contributed by atoms with Crippen molar-refractivity contribution in [2.24, 2.45) is 5.73 Å². The number of nitrogens with two attached hydrogens (primary N) is 1. The number of aromatic hydroxyl groups is 1. The summed E-state index contributed by atoms with van der Waals surface area (Å²) in [5.74, 6) is -1.09. The standard InChI is InChI=1S/C9H10ClNO3.ClH/c10-6-3-5(1-2-8(6)12)4-7(11)9(13)14;/h1-3,7,12H,4,11H2,(H,13,14);1H/t7-;/m0./s1/i1+1,2+1,3+1,4+1,5+1,6+1,7+1,8+1,9+1,11+1;. The minimum atomic E-state index is -1.06. The number of halogens is 2. The second-order valence-corrected chi connectivity index (χ2v) is 3.34. The van der Waals surface area contributed by atoms with Crippen molar-refractivity contribution < 1.29 is 15.0 Å². The molecule has 0 aliphatic heterocycles. The van der Waals surface area contributed by atoms with Gasteiger partial charge in [-0.1, -0.05) is 17.7 Å². The van der Waals surface area contributed by atoms with E-state index in [0.29, 0.717) is 5.56 Å². The fourth-order valence-electron chi connectivity index (χ4n) is 1.02. The minimum Gasteiger partial charge on any atom is -0.506 e. The van der Waals surface area contributed by atoms with Crippen molar-refractivity contribution in [3.63, 3.8) is 0 Å². The van der Waals surface area contributed by atoms with Crippen LogP contribution in [0.25, 0.3) is 0 Å². The molecule has 1 aromatic carbocycles. The Morgan fingerprint density at radius 1 is 1.53 bits per heavy atom. The summed E-state index contributed by atoms with van der Waals surface area (Å²) in [6, 6.07) is 3.55. The number of rotatable bonds is 3. The van der Waals surface area contributed by atoms with Gasteiger partial charge < -0.3 is 15.9 Å². The van der Waals surface area contributed by atoms with E-state index in [4.69, 9.17) is 27.5 Å². The molecule has 0 fully saturated rings. The molecular weight excluding hydrogens is 251 g/mol. The fourth-order valence-corrected chi connectivity index (χ4v) is 1.22. The molecular formula is C9H11Cl2NO3. The SMILES string of the molecule is Cl.[15NH2][13C@@H]([13CH2][13c]1[13cH][13cH][13c](O)[13c](Cl)[13cH]1)[13C](=O)O. The van der Waals surface area contributed by atoms with Crippen LogP contribution in [0.15, 0.2) is 18.2 Å². The lowest BCUT2D eigenvalue weighted by Crippen LogP contribution is -2.32. The molecule has 0 bridgehead atoms. The Balaban J connectivity index is 0.00000196. The summed E-state index contributed by atoms with van der Waals surface area (Å²) in [7, 11) is 0. The Labute approximate surface area is 98.1 Å². The van der Waals surface area contributed by atoms with Gasteiger partial charge in [-0.25, -0.2) is 0 Å². The van der Waals surface area contributed by atoms with Gasteiger partial charge in [0.2, 0.25) is 0 Å². The van der Waals surface area contributed by atoms with E-state index in [0.717, 1.165) is 0 Å². The zero-order valence-corrected chi connectivity index (χ0v) is 9.26. The van der Waals surface area contributed by atoms with Crippen LogP contribution in [-0.4, -0.2) is 22.2 Å². The van der Waals surface area contributed by atoms with Gasteiger partial charge in [-0.2, -0.15) is 0 Å². The van der Waals surface area contributed by atoms with E-state index < -0.39 is 12.0 Å². The van der Waals surface area contributed by atoms with E-state index in [1.807, 2.05) is 0 Å². The summed E-state index contributed by atoms with van der Waals surface area (Å²) in [6.07, 6.45) is 0.190. The monoisotopic (exact) mass is 261 g/mol. The van der Waals surface area contributed by atoms with Gasteiger partial charge in [-0.3, -0.25) is 4.79 Å². The summed E-state index contributed by atoms with van der Waals surface area (Å²) in [5, 5.41) is 17.9. The molecule has 0 unspecified atom stereocenters. The molecule has 84 valence electrons. The highest BCUT2D eigenvalue weighted by Gasteiger charge is 2.12. The van der Waals surface area contributed by atoms with Crippen LogP contribution in [0, 0.1) is 0 Å². The van der Waals surface area contributed by atoms with Gasteiger partial charge in [0.05, 0.1) is 5.02 Å². The molecule has 1 rings (SSSR count). The molecule has 4 nitrogen and oxygen atoms in total. The first kappa shape index (κ1) is 14.0. The summed E-state index contributed by atoms with van der Waals surface area (Å²) < 4.78 is 0. The van der Waals surface area contributed by atoms with E-state index in [9.17, 15) is 4.79 Å². The van der Waals surface area contributed by atoms with Gasteiger partial charge in [0, 0.05) is 0 Å². The number of aliphatic carboxylic acids is 1. The topological polar surface area (TPSA) is 83.5 Å². The summed E-state index contributed by atoms with van der Waals surface area (Å²) in [4.78, 5) is 10.4. The van der Waals surface area contributed by atoms with Crippen LogP contribution < -0.4 is 5.73 Å². The third-order valence-corrected chi connectivity index (χ3v) is 2.09. The Morgan fingerprint density at radius 3 is 2.60 bits per heavy atom. The molecule has 0 heterocycles.